The third-order valence-corrected chi connectivity index (χ3v) is 2.65. The van der Waals surface area contributed by atoms with Crippen LogP contribution in [-0.4, -0.2) is 19.0 Å². The Bertz CT molecular complexity index is 457. The normalized spacial score (nSPS) is 10.4. The number of aryl methyl sites for hydroxylation is 2. The third-order valence-electron chi connectivity index (χ3n) is 2.65. The van der Waals surface area contributed by atoms with E-state index in [1.54, 1.807) is 7.11 Å². The first-order valence-electron chi connectivity index (χ1n) is 5.20. The zero-order valence-electron chi connectivity index (χ0n) is 9.84. The van der Waals surface area contributed by atoms with Crippen LogP contribution in [0.15, 0.2) is 36.7 Å². The Balaban J connectivity index is 2.20. The van der Waals surface area contributed by atoms with Gasteiger partial charge in [-0.25, -0.2) is 0 Å². The van der Waals surface area contributed by atoms with Crippen LogP contribution in [0.25, 0.3) is 0 Å². The minimum Gasteiger partial charge on any atom is -0.497 e. The van der Waals surface area contributed by atoms with Gasteiger partial charge in [0, 0.05) is 5.72 Å². The number of benzene rings is 1. The molecule has 16 heavy (non-hydrogen) atoms. The first kappa shape index (κ1) is 10.8. The highest BCUT2D eigenvalue weighted by molar-refractivity contribution is 6.65. The van der Waals surface area contributed by atoms with Crippen molar-refractivity contribution in [2.24, 2.45) is 14.1 Å². The summed E-state index contributed by atoms with van der Waals surface area (Å²) in [6.45, 7) is 0. The van der Waals surface area contributed by atoms with Crippen LogP contribution in [0.2, 0.25) is 0 Å². The average molecular weight is 214 g/mol. The predicted octanol–water partition coefficient (Wildman–Crippen LogP) is -0.487. The largest absolute Gasteiger partial charge is 0.497 e. The molecule has 0 aliphatic rings. The van der Waals surface area contributed by atoms with Gasteiger partial charge in [-0.1, -0.05) is 12.1 Å². The molecule has 3 nitrogen and oxygen atoms in total. The van der Waals surface area contributed by atoms with Gasteiger partial charge in [0.2, 0.25) is 0 Å². The molecule has 0 fully saturated rings. The van der Waals surface area contributed by atoms with Crippen molar-refractivity contribution < 1.29 is 9.30 Å². The summed E-state index contributed by atoms with van der Waals surface area (Å²) in [4.78, 5) is 0. The molecule has 4 heteroatoms. The van der Waals surface area contributed by atoms with E-state index in [0.717, 1.165) is 11.5 Å². The number of rotatable bonds is 3. The fraction of sp³-hybridized carbons (Fsp3) is 0.250. The molecule has 82 valence electrons. The van der Waals surface area contributed by atoms with Gasteiger partial charge in [-0.2, -0.15) is 0 Å². The lowest BCUT2D eigenvalue weighted by Gasteiger charge is -2.14. The zero-order valence-corrected chi connectivity index (χ0v) is 9.84. The summed E-state index contributed by atoms with van der Waals surface area (Å²) in [5.74, 6) is 0.883. The molecule has 0 saturated heterocycles. The van der Waals surface area contributed by atoms with Gasteiger partial charge in [0.05, 0.1) is 21.2 Å². The van der Waals surface area contributed by atoms with E-state index < -0.39 is 0 Å². The number of aromatic nitrogens is 2. The molecule has 2 rings (SSSR count). The van der Waals surface area contributed by atoms with Gasteiger partial charge in [0.25, 0.3) is 0 Å². The van der Waals surface area contributed by atoms with E-state index in [9.17, 15) is 0 Å². The van der Waals surface area contributed by atoms with Crippen molar-refractivity contribution >= 4 is 18.5 Å². The second-order valence-corrected chi connectivity index (χ2v) is 3.80. The summed E-state index contributed by atoms with van der Waals surface area (Å²) < 4.78 is 9.30. The highest BCUT2D eigenvalue weighted by Crippen LogP contribution is 2.04. The van der Waals surface area contributed by atoms with E-state index in [-0.39, 0.29) is 0 Å². The predicted molar refractivity (Wildman–Crippen MR) is 64.6 cm³/mol. The molecule has 0 saturated carbocycles. The molecule has 0 unspecified atom stereocenters. The second-order valence-electron chi connectivity index (χ2n) is 3.80. The Morgan fingerprint density at radius 1 is 1.25 bits per heavy atom. The second kappa shape index (κ2) is 4.43. The third kappa shape index (κ3) is 2.11. The average Bonchev–Trinajstić information content (AvgIpc) is 2.62. The van der Waals surface area contributed by atoms with Crippen LogP contribution >= 0.6 is 0 Å². The SMILES string of the molecule is COc1ccc([B-]c2n(C)cc[n+]2C)cc1. The van der Waals surface area contributed by atoms with Crippen LogP contribution in [0.3, 0.4) is 0 Å². The van der Waals surface area contributed by atoms with Crippen molar-refractivity contribution in [1.29, 1.82) is 0 Å². The van der Waals surface area contributed by atoms with E-state index in [1.807, 2.05) is 50.8 Å². The molecule has 0 aliphatic carbocycles. The lowest BCUT2D eigenvalue weighted by molar-refractivity contribution is -0.652. The number of imidazole rings is 1. The maximum atomic E-state index is 5.13. The molecule has 2 radical (unpaired) electrons. The van der Waals surface area contributed by atoms with Gasteiger partial charge in [0.1, 0.15) is 18.1 Å². The maximum absolute atomic E-state index is 5.13. The fourth-order valence-corrected chi connectivity index (χ4v) is 1.65. The Kier molecular flexibility index (Phi) is 2.99. The van der Waals surface area contributed by atoms with E-state index >= 15 is 0 Å². The summed E-state index contributed by atoms with van der Waals surface area (Å²) in [6.07, 6.45) is 4.07. The number of hydrogen-bond acceptors (Lipinski definition) is 1. The van der Waals surface area contributed by atoms with Crippen molar-refractivity contribution in [2.75, 3.05) is 7.11 Å². The van der Waals surface area contributed by atoms with Gasteiger partial charge in [-0.3, -0.25) is 14.6 Å². The van der Waals surface area contributed by atoms with Crippen LogP contribution in [0.1, 0.15) is 0 Å². The van der Waals surface area contributed by atoms with Crippen LogP contribution in [0.5, 0.6) is 5.75 Å². The van der Waals surface area contributed by atoms with Gasteiger partial charge in [0.15, 0.2) is 0 Å². The number of hydrogen-bond donors (Lipinski definition) is 0. The summed E-state index contributed by atoms with van der Waals surface area (Å²) in [7, 11) is 7.89. The number of nitrogens with zero attached hydrogens (tertiary/aromatic N) is 2. The quantitative estimate of drug-likeness (QED) is 0.498. The highest BCUT2D eigenvalue weighted by atomic mass is 16.5. The van der Waals surface area contributed by atoms with Crippen molar-refractivity contribution in [1.82, 2.24) is 4.57 Å². The molecule has 1 heterocycles. The topological polar surface area (TPSA) is 18.0 Å². The van der Waals surface area contributed by atoms with Crippen LogP contribution in [0.4, 0.5) is 0 Å². The smallest absolute Gasteiger partial charge is 0.125 e. The van der Waals surface area contributed by atoms with E-state index in [2.05, 4.69) is 16.4 Å². The standard InChI is InChI=1S/C12H15BN2O/c1-14-8-9-15(2)12(14)13-10-4-6-11(16-3)7-5-10/h4-9H,1-3H3. The van der Waals surface area contributed by atoms with E-state index in [4.69, 9.17) is 4.74 Å². The first-order valence-corrected chi connectivity index (χ1v) is 5.20. The molecular formula is C12H15BN2O. The fourth-order valence-electron chi connectivity index (χ4n) is 1.65. The minimum atomic E-state index is 0.883. The monoisotopic (exact) mass is 214 g/mol. The highest BCUT2D eigenvalue weighted by Gasteiger charge is 1.99. The molecule has 2 aromatic rings. The van der Waals surface area contributed by atoms with Gasteiger partial charge >= 0.3 is 0 Å². The van der Waals surface area contributed by atoms with Crippen LogP contribution in [0, 0.1) is 0 Å². The Morgan fingerprint density at radius 2 is 1.94 bits per heavy atom. The molecule has 0 amide bonds. The molecule has 0 bridgehead atoms. The van der Waals surface area contributed by atoms with E-state index in [0.29, 0.717) is 0 Å². The Labute approximate surface area is 96.5 Å². The number of methoxy groups -OCH3 is 1. The first-order chi connectivity index (χ1) is 7.70. The van der Waals surface area contributed by atoms with Crippen molar-refractivity contribution in [3.63, 3.8) is 0 Å². The molecule has 0 spiro atoms. The summed E-state index contributed by atoms with van der Waals surface area (Å²) in [6, 6.07) is 8.03. The van der Waals surface area contributed by atoms with Gasteiger partial charge < -0.3 is 4.74 Å². The Hall–Kier alpha value is -1.71. The lowest BCUT2D eigenvalue weighted by atomic mass is 9.69. The lowest BCUT2D eigenvalue weighted by Crippen LogP contribution is -2.52. The molecule has 1 aromatic carbocycles. The summed E-state index contributed by atoms with van der Waals surface area (Å²) in [5.41, 5.74) is 2.32. The van der Waals surface area contributed by atoms with Crippen molar-refractivity contribution in [3.05, 3.63) is 36.7 Å². The molecule has 0 aliphatic heterocycles. The molecule has 0 atom stereocenters. The Morgan fingerprint density at radius 3 is 2.44 bits per heavy atom. The molecule has 0 N–H and O–H groups in total. The number of ether oxygens (including phenoxy) is 1. The molecule has 1 aromatic heterocycles. The molecular weight excluding hydrogens is 199 g/mol. The summed E-state index contributed by atoms with van der Waals surface area (Å²) in [5, 5.41) is 0. The summed E-state index contributed by atoms with van der Waals surface area (Å²) >= 11 is 0. The zero-order chi connectivity index (χ0) is 11.5. The van der Waals surface area contributed by atoms with Crippen molar-refractivity contribution in [3.8, 4) is 5.75 Å². The van der Waals surface area contributed by atoms with Crippen LogP contribution < -0.4 is 20.5 Å². The van der Waals surface area contributed by atoms with Crippen LogP contribution in [-0.2, 0) is 14.1 Å². The van der Waals surface area contributed by atoms with E-state index in [1.165, 1.54) is 5.46 Å². The van der Waals surface area contributed by atoms with Gasteiger partial charge in [-0.15, -0.1) is 7.28 Å². The van der Waals surface area contributed by atoms with Gasteiger partial charge in [-0.05, 0) is 12.1 Å². The maximum Gasteiger partial charge on any atom is 0.125 e. The minimum absolute atomic E-state index is 0.883. The van der Waals surface area contributed by atoms with Crippen molar-refractivity contribution in [2.45, 2.75) is 0 Å².